The number of hydrogen-bond donors (Lipinski definition) is 1. The third-order valence-corrected chi connectivity index (χ3v) is 3.78. The van der Waals surface area contributed by atoms with Crippen LogP contribution in [0.4, 0.5) is 11.6 Å². The van der Waals surface area contributed by atoms with Crippen LogP contribution in [0.5, 0.6) is 0 Å². The minimum absolute atomic E-state index is 0.764. The van der Waals surface area contributed by atoms with Gasteiger partial charge in [0.25, 0.3) is 0 Å². The Kier molecular flexibility index (Phi) is 5.00. The summed E-state index contributed by atoms with van der Waals surface area (Å²) in [7, 11) is 0. The Morgan fingerprint density at radius 3 is 2.89 bits per heavy atom. The molecule has 4 nitrogen and oxygen atoms in total. The monoisotopic (exact) mass is 262 g/mol. The molecule has 19 heavy (non-hydrogen) atoms. The third-order valence-electron chi connectivity index (χ3n) is 3.78. The van der Waals surface area contributed by atoms with Crippen LogP contribution in [0.3, 0.4) is 0 Å². The molecule has 4 heteroatoms. The van der Waals surface area contributed by atoms with Crippen LogP contribution in [-0.2, 0) is 6.42 Å². The van der Waals surface area contributed by atoms with Gasteiger partial charge in [0.05, 0.1) is 0 Å². The van der Waals surface area contributed by atoms with Crippen LogP contribution in [0.15, 0.2) is 6.33 Å². The summed E-state index contributed by atoms with van der Waals surface area (Å²) in [5.74, 6) is 2.93. The van der Waals surface area contributed by atoms with Gasteiger partial charge in [0.15, 0.2) is 0 Å². The van der Waals surface area contributed by atoms with Crippen molar-refractivity contribution in [2.24, 2.45) is 5.92 Å². The summed E-state index contributed by atoms with van der Waals surface area (Å²) in [6.45, 7) is 9.91. The molecule has 1 aliphatic rings. The lowest BCUT2D eigenvalue weighted by molar-refractivity contribution is 0.443. The molecule has 0 saturated carbocycles. The van der Waals surface area contributed by atoms with Crippen molar-refractivity contribution >= 4 is 11.6 Å². The topological polar surface area (TPSA) is 41.1 Å². The van der Waals surface area contributed by atoms with Gasteiger partial charge >= 0.3 is 0 Å². The van der Waals surface area contributed by atoms with Crippen molar-refractivity contribution in [1.82, 2.24) is 9.97 Å². The Hall–Kier alpha value is -1.32. The largest absolute Gasteiger partial charge is 0.370 e. The Bertz CT molecular complexity index is 405. The van der Waals surface area contributed by atoms with Crippen LogP contribution < -0.4 is 10.2 Å². The normalized spacial score (nSPS) is 19.5. The summed E-state index contributed by atoms with van der Waals surface area (Å²) < 4.78 is 0. The van der Waals surface area contributed by atoms with E-state index in [2.05, 4.69) is 41.0 Å². The second kappa shape index (κ2) is 6.73. The molecule has 1 atom stereocenters. The quantitative estimate of drug-likeness (QED) is 0.885. The number of rotatable bonds is 5. The van der Waals surface area contributed by atoms with Crippen molar-refractivity contribution in [3.8, 4) is 0 Å². The molecule has 2 heterocycles. The van der Waals surface area contributed by atoms with Crippen molar-refractivity contribution in [1.29, 1.82) is 0 Å². The van der Waals surface area contributed by atoms with Gasteiger partial charge in [-0.3, -0.25) is 0 Å². The minimum atomic E-state index is 0.764. The number of nitrogens with one attached hydrogen (secondary N) is 1. The Morgan fingerprint density at radius 1 is 1.37 bits per heavy atom. The molecule has 0 amide bonds. The molecule has 1 aromatic rings. The molecule has 1 unspecified atom stereocenters. The van der Waals surface area contributed by atoms with Crippen LogP contribution in [0, 0.1) is 5.92 Å². The van der Waals surface area contributed by atoms with Crippen molar-refractivity contribution in [2.45, 2.75) is 46.5 Å². The van der Waals surface area contributed by atoms with Crippen molar-refractivity contribution in [3.05, 3.63) is 11.9 Å². The molecule has 106 valence electrons. The average Bonchev–Trinajstić information content (AvgIpc) is 2.44. The Morgan fingerprint density at radius 2 is 2.21 bits per heavy atom. The van der Waals surface area contributed by atoms with Gasteiger partial charge in [-0.25, -0.2) is 9.97 Å². The van der Waals surface area contributed by atoms with Crippen molar-refractivity contribution in [3.63, 3.8) is 0 Å². The summed E-state index contributed by atoms with van der Waals surface area (Å²) in [6.07, 6.45) is 6.40. The van der Waals surface area contributed by atoms with Gasteiger partial charge in [0.1, 0.15) is 18.0 Å². The molecular formula is C15H26N4. The zero-order valence-electron chi connectivity index (χ0n) is 12.4. The van der Waals surface area contributed by atoms with Crippen LogP contribution in [-0.4, -0.2) is 29.6 Å². The zero-order chi connectivity index (χ0) is 13.7. The van der Waals surface area contributed by atoms with Crippen LogP contribution >= 0.6 is 0 Å². The van der Waals surface area contributed by atoms with Gasteiger partial charge in [0.2, 0.25) is 0 Å². The highest BCUT2D eigenvalue weighted by Gasteiger charge is 2.21. The fourth-order valence-electron chi connectivity index (χ4n) is 2.78. The van der Waals surface area contributed by atoms with E-state index in [1.54, 1.807) is 6.33 Å². The number of aromatic nitrogens is 2. The standard InChI is InChI=1S/C15H26N4/c1-4-8-16-14-13(5-2)15(18-11-17-14)19-9-6-7-12(3)10-19/h11-12H,4-10H2,1-3H3,(H,16,17,18). The van der Waals surface area contributed by atoms with Gasteiger partial charge in [-0.05, 0) is 31.6 Å². The number of hydrogen-bond acceptors (Lipinski definition) is 4. The average molecular weight is 262 g/mol. The first kappa shape index (κ1) is 14.1. The molecule has 2 rings (SSSR count). The minimum Gasteiger partial charge on any atom is -0.370 e. The van der Waals surface area contributed by atoms with Gasteiger partial charge in [-0.15, -0.1) is 0 Å². The van der Waals surface area contributed by atoms with E-state index >= 15 is 0 Å². The fourth-order valence-corrected chi connectivity index (χ4v) is 2.78. The first-order valence-electron chi connectivity index (χ1n) is 7.58. The fraction of sp³-hybridized carbons (Fsp3) is 0.733. The molecule has 1 N–H and O–H groups in total. The van der Waals surface area contributed by atoms with E-state index in [0.29, 0.717) is 0 Å². The van der Waals surface area contributed by atoms with E-state index in [1.165, 1.54) is 18.4 Å². The molecule has 1 saturated heterocycles. The molecule has 0 radical (unpaired) electrons. The number of nitrogens with zero attached hydrogens (tertiary/aromatic N) is 3. The van der Waals surface area contributed by atoms with Gasteiger partial charge in [0, 0.05) is 25.2 Å². The van der Waals surface area contributed by atoms with E-state index in [-0.39, 0.29) is 0 Å². The predicted molar refractivity (Wildman–Crippen MR) is 80.8 cm³/mol. The maximum Gasteiger partial charge on any atom is 0.137 e. The summed E-state index contributed by atoms with van der Waals surface area (Å²) in [5, 5.41) is 3.43. The highest BCUT2D eigenvalue weighted by Crippen LogP contribution is 2.27. The smallest absolute Gasteiger partial charge is 0.137 e. The lowest BCUT2D eigenvalue weighted by atomic mass is 10.00. The van der Waals surface area contributed by atoms with Crippen LogP contribution in [0.25, 0.3) is 0 Å². The van der Waals surface area contributed by atoms with E-state index in [4.69, 9.17) is 0 Å². The van der Waals surface area contributed by atoms with Crippen molar-refractivity contribution in [2.75, 3.05) is 29.9 Å². The van der Waals surface area contributed by atoms with Gasteiger partial charge < -0.3 is 10.2 Å². The summed E-state index contributed by atoms with van der Waals surface area (Å²) in [4.78, 5) is 11.4. The highest BCUT2D eigenvalue weighted by molar-refractivity contribution is 5.59. The Balaban J connectivity index is 2.23. The first-order chi connectivity index (χ1) is 9.26. The predicted octanol–water partition coefficient (Wildman–Crippen LogP) is 3.10. The molecule has 1 fully saturated rings. The van der Waals surface area contributed by atoms with E-state index in [0.717, 1.165) is 50.0 Å². The summed E-state index contributed by atoms with van der Waals surface area (Å²) in [6, 6.07) is 0. The molecule has 0 aliphatic carbocycles. The Labute approximate surface area is 116 Å². The second-order valence-corrected chi connectivity index (χ2v) is 5.50. The maximum absolute atomic E-state index is 4.55. The van der Waals surface area contributed by atoms with Crippen LogP contribution in [0.2, 0.25) is 0 Å². The molecular weight excluding hydrogens is 236 g/mol. The number of piperidine rings is 1. The molecule has 0 bridgehead atoms. The maximum atomic E-state index is 4.55. The lowest BCUT2D eigenvalue weighted by Crippen LogP contribution is -2.35. The summed E-state index contributed by atoms with van der Waals surface area (Å²) >= 11 is 0. The third kappa shape index (κ3) is 3.37. The number of anilines is 2. The molecule has 0 aromatic carbocycles. The highest BCUT2D eigenvalue weighted by atomic mass is 15.2. The van der Waals surface area contributed by atoms with Crippen LogP contribution in [0.1, 0.15) is 45.6 Å². The van der Waals surface area contributed by atoms with E-state index in [9.17, 15) is 0 Å². The molecule has 1 aromatic heterocycles. The SMILES string of the molecule is CCCNc1ncnc(N2CCCC(C)C2)c1CC. The van der Waals surface area contributed by atoms with E-state index < -0.39 is 0 Å². The molecule has 0 spiro atoms. The first-order valence-corrected chi connectivity index (χ1v) is 7.58. The van der Waals surface area contributed by atoms with E-state index in [1.807, 2.05) is 0 Å². The lowest BCUT2D eigenvalue weighted by Gasteiger charge is -2.33. The molecule has 1 aliphatic heterocycles. The summed E-state index contributed by atoms with van der Waals surface area (Å²) in [5.41, 5.74) is 1.27. The van der Waals surface area contributed by atoms with Gasteiger partial charge in [-0.1, -0.05) is 20.8 Å². The van der Waals surface area contributed by atoms with Gasteiger partial charge in [-0.2, -0.15) is 0 Å². The second-order valence-electron chi connectivity index (χ2n) is 5.50. The zero-order valence-corrected chi connectivity index (χ0v) is 12.4. The van der Waals surface area contributed by atoms with Crippen molar-refractivity contribution < 1.29 is 0 Å².